The topological polar surface area (TPSA) is 88.2 Å². The summed E-state index contributed by atoms with van der Waals surface area (Å²) in [5.74, 6) is -0.415. The Morgan fingerprint density at radius 2 is 1.80 bits per heavy atom. The molecule has 0 spiro atoms. The average Bonchev–Trinajstić information content (AvgIpc) is 3.45. The number of aromatic nitrogens is 1. The van der Waals surface area contributed by atoms with E-state index in [9.17, 15) is 13.2 Å². The van der Waals surface area contributed by atoms with Crippen molar-refractivity contribution in [2.75, 3.05) is 5.32 Å². The zero-order chi connectivity index (χ0) is 21.0. The van der Waals surface area contributed by atoms with Gasteiger partial charge in [-0.25, -0.2) is 18.1 Å². The Bertz CT molecular complexity index is 1250. The number of carbonyl (C=O) groups excluding carboxylic acids is 1. The molecule has 0 atom stereocenters. The highest BCUT2D eigenvalue weighted by molar-refractivity contribution is 7.89. The van der Waals surface area contributed by atoms with Crippen molar-refractivity contribution in [2.24, 2.45) is 0 Å². The molecule has 4 rings (SSSR count). The van der Waals surface area contributed by atoms with Crippen molar-refractivity contribution < 1.29 is 13.2 Å². The minimum absolute atomic E-state index is 0.0319. The Morgan fingerprint density at radius 3 is 2.57 bits per heavy atom. The van der Waals surface area contributed by atoms with Crippen LogP contribution in [0.1, 0.15) is 15.9 Å². The van der Waals surface area contributed by atoms with Gasteiger partial charge in [0.2, 0.25) is 10.0 Å². The van der Waals surface area contributed by atoms with E-state index in [1.807, 2.05) is 53.2 Å². The largest absolute Gasteiger partial charge is 0.298 e. The van der Waals surface area contributed by atoms with E-state index in [-0.39, 0.29) is 17.0 Å². The Morgan fingerprint density at radius 1 is 0.967 bits per heavy atom. The van der Waals surface area contributed by atoms with Crippen LogP contribution in [0.5, 0.6) is 0 Å². The van der Waals surface area contributed by atoms with Crippen LogP contribution >= 0.6 is 22.7 Å². The third kappa shape index (κ3) is 4.82. The second-order valence-electron chi connectivity index (χ2n) is 6.31. The summed E-state index contributed by atoms with van der Waals surface area (Å²) in [4.78, 5) is 18.1. The van der Waals surface area contributed by atoms with Gasteiger partial charge in [0.1, 0.15) is 0 Å². The lowest BCUT2D eigenvalue weighted by atomic mass is 10.2. The van der Waals surface area contributed by atoms with Crippen LogP contribution in [0.3, 0.4) is 0 Å². The van der Waals surface area contributed by atoms with Crippen LogP contribution in [0, 0.1) is 0 Å². The van der Waals surface area contributed by atoms with Gasteiger partial charge in [0.25, 0.3) is 5.91 Å². The summed E-state index contributed by atoms with van der Waals surface area (Å²) < 4.78 is 27.8. The maximum absolute atomic E-state index is 12.6. The molecule has 1 amide bonds. The third-order valence-corrected chi connectivity index (χ3v) is 7.26. The first-order chi connectivity index (χ1) is 14.5. The highest BCUT2D eigenvalue weighted by atomic mass is 32.2. The number of benzene rings is 2. The van der Waals surface area contributed by atoms with Crippen LogP contribution in [0.2, 0.25) is 0 Å². The van der Waals surface area contributed by atoms with Gasteiger partial charge in [-0.3, -0.25) is 10.1 Å². The number of sulfonamides is 1. The quantitative estimate of drug-likeness (QED) is 0.426. The molecule has 0 saturated heterocycles. The second kappa shape index (κ2) is 8.88. The van der Waals surface area contributed by atoms with Crippen LogP contribution in [0.15, 0.2) is 82.4 Å². The molecule has 0 saturated carbocycles. The lowest BCUT2D eigenvalue weighted by Gasteiger charge is -2.08. The van der Waals surface area contributed by atoms with Crippen molar-refractivity contribution >= 4 is 43.7 Å². The molecule has 2 N–H and O–H groups in total. The summed E-state index contributed by atoms with van der Waals surface area (Å²) in [6.07, 6.45) is 0. The van der Waals surface area contributed by atoms with E-state index in [1.54, 1.807) is 23.5 Å². The molecular weight excluding hydrogens is 438 g/mol. The van der Waals surface area contributed by atoms with Crippen LogP contribution in [0.4, 0.5) is 5.13 Å². The van der Waals surface area contributed by atoms with Crippen molar-refractivity contribution in [3.05, 3.63) is 88.6 Å². The number of hydrogen-bond acceptors (Lipinski definition) is 6. The summed E-state index contributed by atoms with van der Waals surface area (Å²) in [5, 5.41) is 7.03. The number of hydrogen-bond donors (Lipinski definition) is 2. The predicted octanol–water partition coefficient (Wildman–Crippen LogP) is 4.60. The number of nitrogens with zero attached hydrogens (tertiary/aromatic N) is 1. The van der Waals surface area contributed by atoms with Crippen LogP contribution < -0.4 is 10.0 Å². The van der Waals surface area contributed by atoms with Crippen molar-refractivity contribution in [2.45, 2.75) is 11.4 Å². The average molecular weight is 456 g/mol. The summed E-state index contributed by atoms with van der Waals surface area (Å²) in [5.41, 5.74) is 1.89. The number of amides is 1. The minimum Gasteiger partial charge on any atom is -0.298 e. The number of thiophene rings is 1. The summed E-state index contributed by atoms with van der Waals surface area (Å²) >= 11 is 2.89. The molecule has 0 aliphatic heterocycles. The van der Waals surface area contributed by atoms with Crippen LogP contribution in [0.25, 0.3) is 10.6 Å². The molecule has 0 unspecified atom stereocenters. The van der Waals surface area contributed by atoms with Crippen molar-refractivity contribution in [3.63, 3.8) is 0 Å². The van der Waals surface area contributed by atoms with E-state index in [1.165, 1.54) is 23.5 Å². The number of rotatable bonds is 7. The second-order valence-corrected chi connectivity index (χ2v) is 9.88. The highest BCUT2D eigenvalue weighted by Crippen LogP contribution is 2.28. The third-order valence-electron chi connectivity index (χ3n) is 4.21. The molecule has 0 radical (unpaired) electrons. The fourth-order valence-corrected chi connectivity index (χ4v) is 5.23. The van der Waals surface area contributed by atoms with E-state index in [0.29, 0.717) is 5.13 Å². The summed E-state index contributed by atoms with van der Waals surface area (Å²) in [6.45, 7) is 0.171. The lowest BCUT2D eigenvalue weighted by molar-refractivity contribution is 0.102. The van der Waals surface area contributed by atoms with Crippen LogP contribution in [-0.4, -0.2) is 19.3 Å². The smallest absolute Gasteiger partial charge is 0.257 e. The van der Waals surface area contributed by atoms with Gasteiger partial charge < -0.3 is 0 Å². The standard InChI is InChI=1S/C21H17N3O3S3/c25-20(24-21-23-18(14-29-21)19-10-5-11-28-19)16-8-4-9-17(12-16)30(26,27)22-13-15-6-2-1-3-7-15/h1-12,14,22H,13H2,(H,23,24,25). The first-order valence-corrected chi connectivity index (χ1v) is 12.2. The molecule has 0 aliphatic carbocycles. The van der Waals surface area contributed by atoms with Crippen molar-refractivity contribution in [1.82, 2.24) is 9.71 Å². The molecule has 0 aliphatic rings. The maximum Gasteiger partial charge on any atom is 0.257 e. The van der Waals surface area contributed by atoms with Gasteiger partial charge in [-0.05, 0) is 35.2 Å². The van der Waals surface area contributed by atoms with Gasteiger partial charge in [-0.2, -0.15) is 0 Å². The van der Waals surface area contributed by atoms with Crippen molar-refractivity contribution in [1.29, 1.82) is 0 Å². The number of anilines is 1. The maximum atomic E-state index is 12.6. The predicted molar refractivity (Wildman–Crippen MR) is 120 cm³/mol. The Kier molecular flexibility index (Phi) is 6.05. The van der Waals surface area contributed by atoms with Gasteiger partial charge in [-0.15, -0.1) is 22.7 Å². The van der Waals surface area contributed by atoms with Gasteiger partial charge in [0.15, 0.2) is 5.13 Å². The normalized spacial score (nSPS) is 11.3. The minimum atomic E-state index is -3.75. The summed E-state index contributed by atoms with van der Waals surface area (Å²) in [7, 11) is -3.75. The number of carbonyl (C=O) groups is 1. The fourth-order valence-electron chi connectivity index (χ4n) is 2.70. The molecule has 0 bridgehead atoms. The molecule has 4 aromatic rings. The molecule has 9 heteroatoms. The molecule has 2 heterocycles. The Balaban J connectivity index is 1.46. The van der Waals surface area contributed by atoms with E-state index in [0.717, 1.165) is 16.1 Å². The van der Waals surface area contributed by atoms with Gasteiger partial charge in [0, 0.05) is 17.5 Å². The van der Waals surface area contributed by atoms with E-state index in [2.05, 4.69) is 15.0 Å². The molecule has 6 nitrogen and oxygen atoms in total. The first-order valence-electron chi connectivity index (χ1n) is 8.96. The summed E-state index contributed by atoms with van der Waals surface area (Å²) in [6, 6.07) is 19.1. The molecule has 30 heavy (non-hydrogen) atoms. The number of nitrogens with one attached hydrogen (secondary N) is 2. The van der Waals surface area contributed by atoms with E-state index < -0.39 is 15.9 Å². The van der Waals surface area contributed by atoms with Gasteiger partial charge >= 0.3 is 0 Å². The van der Waals surface area contributed by atoms with Gasteiger partial charge in [-0.1, -0.05) is 42.5 Å². The van der Waals surface area contributed by atoms with Crippen molar-refractivity contribution in [3.8, 4) is 10.6 Å². The molecular formula is C21H17N3O3S3. The fraction of sp³-hybridized carbons (Fsp3) is 0.0476. The van der Waals surface area contributed by atoms with Crippen LogP contribution in [-0.2, 0) is 16.6 Å². The zero-order valence-corrected chi connectivity index (χ0v) is 18.1. The molecule has 152 valence electrons. The monoisotopic (exact) mass is 455 g/mol. The van der Waals surface area contributed by atoms with E-state index in [4.69, 9.17) is 0 Å². The molecule has 0 fully saturated rings. The molecule has 2 aromatic heterocycles. The lowest BCUT2D eigenvalue weighted by Crippen LogP contribution is -2.23. The number of thiazole rings is 1. The highest BCUT2D eigenvalue weighted by Gasteiger charge is 2.17. The Hall–Kier alpha value is -2.85. The first kappa shape index (κ1) is 20.4. The molecule has 2 aromatic carbocycles. The van der Waals surface area contributed by atoms with E-state index >= 15 is 0 Å². The van der Waals surface area contributed by atoms with Gasteiger partial charge in [0.05, 0.1) is 15.5 Å². The Labute approximate surface area is 182 Å². The zero-order valence-electron chi connectivity index (χ0n) is 15.6. The SMILES string of the molecule is O=C(Nc1nc(-c2cccs2)cs1)c1cccc(S(=O)(=O)NCc2ccccc2)c1.